The van der Waals surface area contributed by atoms with Gasteiger partial charge in [-0.25, -0.2) is 9.50 Å². The predicted octanol–water partition coefficient (Wildman–Crippen LogP) is 2.09. The van der Waals surface area contributed by atoms with E-state index in [1.807, 2.05) is 24.3 Å². The van der Waals surface area contributed by atoms with Gasteiger partial charge >= 0.3 is 0 Å². The average molecular weight is 419 g/mol. The summed E-state index contributed by atoms with van der Waals surface area (Å²) in [6, 6.07) is 10.9. The molecule has 10 heteroatoms. The Morgan fingerprint density at radius 3 is 2.71 bits per heavy atom. The number of nitrogens with zero attached hydrogens (tertiary/aromatic N) is 6. The predicted molar refractivity (Wildman–Crippen MR) is 114 cm³/mol. The summed E-state index contributed by atoms with van der Waals surface area (Å²) in [5.41, 5.74) is 2.30. The summed E-state index contributed by atoms with van der Waals surface area (Å²) in [5.74, 6) is 0.507. The van der Waals surface area contributed by atoms with Gasteiger partial charge in [0.25, 0.3) is 11.8 Å². The van der Waals surface area contributed by atoms with Crippen LogP contribution in [0.25, 0.3) is 17.0 Å². The average Bonchev–Trinajstić information content (AvgIpc) is 3.36. The van der Waals surface area contributed by atoms with Crippen molar-refractivity contribution in [2.24, 2.45) is 7.05 Å². The molecular formula is C21H21N7O3. The first-order valence-corrected chi connectivity index (χ1v) is 9.43. The minimum Gasteiger partial charge on any atom is -0.497 e. The van der Waals surface area contributed by atoms with E-state index < -0.39 is 5.91 Å². The molecule has 1 aromatic carbocycles. The number of rotatable bonds is 5. The van der Waals surface area contributed by atoms with Crippen LogP contribution in [0.1, 0.15) is 20.8 Å². The molecule has 0 aliphatic rings. The zero-order chi connectivity index (χ0) is 22.1. The highest BCUT2D eigenvalue weighted by Gasteiger charge is 2.23. The highest BCUT2D eigenvalue weighted by atomic mass is 16.5. The first-order chi connectivity index (χ1) is 14.9. The molecule has 1 N–H and O–H groups in total. The van der Waals surface area contributed by atoms with Gasteiger partial charge in [0, 0.05) is 44.7 Å². The Kier molecular flexibility index (Phi) is 5.12. The minimum absolute atomic E-state index is 0.178. The SMILES string of the molecule is COc1cccc(-c2nc3cc(NC(=O)c4c(C(=O)N(C)C)cnn4C)ccn3n2)c1. The number of amides is 2. The van der Waals surface area contributed by atoms with E-state index in [-0.39, 0.29) is 17.2 Å². The van der Waals surface area contributed by atoms with Gasteiger partial charge in [0.2, 0.25) is 0 Å². The van der Waals surface area contributed by atoms with Crippen molar-refractivity contribution in [2.75, 3.05) is 26.5 Å². The van der Waals surface area contributed by atoms with Gasteiger partial charge in [-0.15, -0.1) is 5.10 Å². The van der Waals surface area contributed by atoms with Crippen LogP contribution in [0.5, 0.6) is 5.75 Å². The molecule has 0 atom stereocenters. The van der Waals surface area contributed by atoms with E-state index in [0.29, 0.717) is 22.9 Å². The molecule has 2 amide bonds. The van der Waals surface area contributed by atoms with Crippen molar-refractivity contribution in [1.82, 2.24) is 29.3 Å². The molecule has 0 spiro atoms. The van der Waals surface area contributed by atoms with Gasteiger partial charge in [-0.1, -0.05) is 12.1 Å². The lowest BCUT2D eigenvalue weighted by molar-refractivity contribution is 0.0821. The minimum atomic E-state index is -0.443. The number of benzene rings is 1. The maximum atomic E-state index is 12.9. The fourth-order valence-corrected chi connectivity index (χ4v) is 3.14. The van der Waals surface area contributed by atoms with Crippen LogP contribution in [0.4, 0.5) is 5.69 Å². The van der Waals surface area contributed by atoms with Crippen molar-refractivity contribution in [2.45, 2.75) is 0 Å². The maximum Gasteiger partial charge on any atom is 0.274 e. The number of ether oxygens (including phenoxy) is 1. The van der Waals surface area contributed by atoms with Gasteiger partial charge in [0.05, 0.1) is 18.9 Å². The highest BCUT2D eigenvalue weighted by molar-refractivity contribution is 6.11. The van der Waals surface area contributed by atoms with Gasteiger partial charge in [-0.3, -0.25) is 14.3 Å². The summed E-state index contributed by atoms with van der Waals surface area (Å²) < 4.78 is 8.25. The molecule has 4 aromatic rings. The molecule has 0 unspecified atom stereocenters. The van der Waals surface area contributed by atoms with Gasteiger partial charge < -0.3 is 15.0 Å². The molecular weight excluding hydrogens is 398 g/mol. The molecule has 3 heterocycles. The van der Waals surface area contributed by atoms with E-state index in [4.69, 9.17) is 4.74 Å². The molecule has 0 saturated heterocycles. The Morgan fingerprint density at radius 2 is 1.97 bits per heavy atom. The second kappa shape index (κ2) is 7.90. The normalized spacial score (nSPS) is 10.8. The smallest absolute Gasteiger partial charge is 0.274 e. The summed E-state index contributed by atoms with van der Waals surface area (Å²) >= 11 is 0. The Balaban J connectivity index is 1.62. The van der Waals surface area contributed by atoms with Crippen molar-refractivity contribution in [3.05, 3.63) is 60.0 Å². The van der Waals surface area contributed by atoms with Crippen LogP contribution < -0.4 is 10.1 Å². The van der Waals surface area contributed by atoms with Gasteiger partial charge in [-0.2, -0.15) is 5.10 Å². The van der Waals surface area contributed by atoms with Crippen LogP contribution in [0, 0.1) is 0 Å². The number of carbonyl (C=O) groups is 2. The van der Waals surface area contributed by atoms with Gasteiger partial charge in [0.15, 0.2) is 11.5 Å². The maximum absolute atomic E-state index is 12.9. The summed E-state index contributed by atoms with van der Waals surface area (Å²) in [5, 5.41) is 11.3. The topological polar surface area (TPSA) is 107 Å². The molecule has 0 saturated carbocycles. The number of hydrogen-bond acceptors (Lipinski definition) is 6. The number of aryl methyl sites for hydroxylation is 1. The van der Waals surface area contributed by atoms with Crippen LogP contribution >= 0.6 is 0 Å². The number of methoxy groups -OCH3 is 1. The molecule has 0 fully saturated rings. The molecule has 4 rings (SSSR count). The molecule has 0 aliphatic carbocycles. The lowest BCUT2D eigenvalue weighted by Crippen LogP contribution is -2.26. The lowest BCUT2D eigenvalue weighted by atomic mass is 10.2. The van der Waals surface area contributed by atoms with Crippen molar-refractivity contribution >= 4 is 23.1 Å². The van der Waals surface area contributed by atoms with Crippen molar-refractivity contribution in [3.8, 4) is 17.1 Å². The first kappa shape index (κ1) is 20.1. The third kappa shape index (κ3) is 3.82. The van der Waals surface area contributed by atoms with Gasteiger partial charge in [-0.05, 0) is 18.2 Å². The molecule has 0 aliphatic heterocycles. The highest BCUT2D eigenvalue weighted by Crippen LogP contribution is 2.22. The van der Waals surface area contributed by atoms with E-state index in [1.54, 1.807) is 51.1 Å². The van der Waals surface area contributed by atoms with Crippen molar-refractivity contribution in [1.29, 1.82) is 0 Å². The second-order valence-electron chi connectivity index (χ2n) is 7.07. The van der Waals surface area contributed by atoms with E-state index in [2.05, 4.69) is 20.5 Å². The fraction of sp³-hybridized carbons (Fsp3) is 0.190. The number of nitrogens with one attached hydrogen (secondary N) is 1. The number of pyridine rings is 1. The Morgan fingerprint density at radius 1 is 1.16 bits per heavy atom. The summed E-state index contributed by atoms with van der Waals surface area (Å²) in [4.78, 5) is 31.2. The molecule has 31 heavy (non-hydrogen) atoms. The number of aromatic nitrogens is 5. The van der Waals surface area contributed by atoms with Crippen LogP contribution in [-0.4, -0.2) is 62.3 Å². The van der Waals surface area contributed by atoms with Crippen LogP contribution in [0.2, 0.25) is 0 Å². The number of hydrogen-bond donors (Lipinski definition) is 1. The van der Waals surface area contributed by atoms with E-state index in [9.17, 15) is 9.59 Å². The molecule has 0 bridgehead atoms. The van der Waals surface area contributed by atoms with Crippen molar-refractivity contribution in [3.63, 3.8) is 0 Å². The first-order valence-electron chi connectivity index (χ1n) is 9.43. The molecule has 0 radical (unpaired) electrons. The molecule has 3 aromatic heterocycles. The summed E-state index contributed by atoms with van der Waals surface area (Å²) in [7, 11) is 6.46. The summed E-state index contributed by atoms with van der Waals surface area (Å²) in [6.07, 6.45) is 3.09. The second-order valence-corrected chi connectivity index (χ2v) is 7.07. The van der Waals surface area contributed by atoms with Crippen LogP contribution in [-0.2, 0) is 7.05 Å². The molecule has 10 nitrogen and oxygen atoms in total. The standard InChI is InChI=1S/C21H21N7O3/c1-26(2)21(30)16-12-22-27(3)18(16)20(29)23-14-8-9-28-17(11-14)24-19(25-28)13-6-5-7-15(10-13)31-4/h5-12H,1-4H3,(H,23,29). The monoisotopic (exact) mass is 419 g/mol. The summed E-state index contributed by atoms with van der Waals surface area (Å²) in [6.45, 7) is 0. The Labute approximate surface area is 178 Å². The van der Waals surface area contributed by atoms with E-state index in [0.717, 1.165) is 5.56 Å². The quantitative estimate of drug-likeness (QED) is 0.531. The van der Waals surface area contributed by atoms with Crippen LogP contribution in [0.15, 0.2) is 48.8 Å². The number of fused-ring (bicyclic) bond motifs is 1. The number of carbonyl (C=O) groups excluding carboxylic acids is 2. The van der Waals surface area contributed by atoms with E-state index in [1.165, 1.54) is 15.8 Å². The van der Waals surface area contributed by atoms with Gasteiger partial charge in [0.1, 0.15) is 11.4 Å². The fourth-order valence-electron chi connectivity index (χ4n) is 3.14. The van der Waals surface area contributed by atoms with Crippen molar-refractivity contribution < 1.29 is 14.3 Å². The third-order valence-electron chi connectivity index (χ3n) is 4.71. The Hall–Kier alpha value is -4.21. The number of anilines is 1. The van der Waals surface area contributed by atoms with E-state index >= 15 is 0 Å². The lowest BCUT2D eigenvalue weighted by Gasteiger charge is -2.11. The van der Waals surface area contributed by atoms with Crippen LogP contribution in [0.3, 0.4) is 0 Å². The zero-order valence-corrected chi connectivity index (χ0v) is 17.5. The largest absolute Gasteiger partial charge is 0.497 e. The molecule has 158 valence electrons. The zero-order valence-electron chi connectivity index (χ0n) is 17.5. The third-order valence-corrected chi connectivity index (χ3v) is 4.71. The Bertz CT molecular complexity index is 1290.